The molecule has 25 nitrogen and oxygen atoms in total. The van der Waals surface area contributed by atoms with Gasteiger partial charge in [0.15, 0.2) is 11.6 Å². The van der Waals surface area contributed by atoms with Gasteiger partial charge in [-0.05, 0) is 220 Å². The molecule has 0 aliphatic heterocycles. The van der Waals surface area contributed by atoms with Gasteiger partial charge in [-0.25, -0.2) is 39.7 Å². The summed E-state index contributed by atoms with van der Waals surface area (Å²) in [6, 6.07) is 40.9. The van der Waals surface area contributed by atoms with Gasteiger partial charge in [-0.3, -0.25) is 56.4 Å². The number of rotatable bonds is 23. The fraction of sp³-hybridized carbons (Fsp3) is 0.177. The summed E-state index contributed by atoms with van der Waals surface area (Å²) in [5.41, 5.74) is 20.5. The topological polar surface area (TPSA) is 325 Å². The number of terminal acetylenes is 1. The summed E-state index contributed by atoms with van der Waals surface area (Å²) in [6.07, 6.45) is 21.0. The van der Waals surface area contributed by atoms with Crippen LogP contribution < -0.4 is 39.3 Å². The highest BCUT2D eigenvalue weighted by Crippen LogP contribution is 2.35. The summed E-state index contributed by atoms with van der Waals surface area (Å²) >= 11 is 76.3. The van der Waals surface area contributed by atoms with E-state index in [1.807, 2.05) is 75.6 Å². The Morgan fingerprint density at radius 1 is 0.457 bits per heavy atom. The van der Waals surface area contributed by atoms with Crippen LogP contribution in [0.3, 0.4) is 0 Å². The highest BCUT2D eigenvalue weighted by Gasteiger charge is 2.20. The summed E-state index contributed by atoms with van der Waals surface area (Å²) in [4.78, 5) is 133. The Bertz CT molecular complexity index is 8020. The van der Waals surface area contributed by atoms with Crippen LogP contribution in [0.2, 0.25) is 50.2 Å². The van der Waals surface area contributed by atoms with Crippen LogP contribution >= 0.6 is 227 Å². The molecule has 0 aliphatic rings. The van der Waals surface area contributed by atoms with Crippen molar-refractivity contribution in [3.05, 3.63) is 363 Å². The molecule has 0 saturated heterocycles. The van der Waals surface area contributed by atoms with E-state index in [0.717, 1.165) is 62.0 Å². The molecule has 140 heavy (non-hydrogen) atoms. The monoisotopic (exact) mass is 2330 g/mol. The van der Waals surface area contributed by atoms with Crippen molar-refractivity contribution in [2.45, 2.75) is 85.3 Å². The molecule has 18 rings (SSSR count). The van der Waals surface area contributed by atoms with Crippen LogP contribution in [0.15, 0.2) is 227 Å². The number of allylic oxidation sites excluding steroid dienone is 1. The van der Waals surface area contributed by atoms with Crippen molar-refractivity contribution in [1.29, 1.82) is 0 Å². The molecule has 0 spiro atoms. The SMILES string of the molecule is C#Cc1cc2ncn(CCc3ccc(Cl)cc3Cl)c(=O)c2s1.CC(=O)c1cc2ncn(CCc3ccc(Cl)cc3Cl)c(=O)c2s1.CN(C)/C=C/C(=O)c1cc2ncn(CCc3ccc(Cl)cc3Cl)c(=O)c2s1.COC(=O)c1sccc1N.COCc1sc(Br)cc1N.Cc1nccc(-c2cc3ncn(CCc4ccc(Cl)cc4Cl)c(=O)c3s2)n1.O=c1c2sc(Br)cc2ncn1CCc1ccc(Cl)cc1Cl. The number of esters is 1. The van der Waals surface area contributed by atoms with E-state index in [2.05, 4.69) is 77.4 Å². The molecule has 0 radical (unpaired) electrons. The molecule has 0 atom stereocenters. The van der Waals surface area contributed by atoms with Gasteiger partial charge in [-0.2, -0.15) is 0 Å². The van der Waals surface area contributed by atoms with Crippen LogP contribution in [0.4, 0.5) is 11.4 Å². The zero-order valence-corrected chi connectivity index (χ0v) is 90.7. The fourth-order valence-electron chi connectivity index (χ4n) is 12.9. The van der Waals surface area contributed by atoms with Crippen LogP contribution in [0.1, 0.15) is 79.3 Å². The number of anilines is 2. The van der Waals surface area contributed by atoms with Gasteiger partial charge in [-0.1, -0.05) is 152 Å². The summed E-state index contributed by atoms with van der Waals surface area (Å²) in [6.45, 7) is 6.31. The van der Waals surface area contributed by atoms with Gasteiger partial charge in [-0.15, -0.1) is 85.8 Å². The lowest BCUT2D eigenvalue weighted by Crippen LogP contribution is -2.20. The molecule has 13 heterocycles. The van der Waals surface area contributed by atoms with Gasteiger partial charge < -0.3 is 25.8 Å². The normalized spacial score (nSPS) is 10.9. The maximum Gasteiger partial charge on any atom is 0.350 e. The molecule has 18 aromatic rings. The number of hydrogen-bond acceptors (Lipinski definition) is 27. The minimum Gasteiger partial charge on any atom is -0.465 e. The number of methoxy groups -OCH3 is 2. The Balaban J connectivity index is 0.000000149. The highest BCUT2D eigenvalue weighted by molar-refractivity contribution is 9.11. The van der Waals surface area contributed by atoms with Crippen LogP contribution in [0, 0.1) is 19.3 Å². The molecule has 0 aliphatic carbocycles. The second kappa shape index (κ2) is 51.4. The van der Waals surface area contributed by atoms with Crippen molar-refractivity contribution >= 4 is 307 Å². The molecule has 5 aromatic carbocycles. The van der Waals surface area contributed by atoms with E-state index in [0.29, 0.717) is 198 Å². The quantitative estimate of drug-likeness (QED) is 0.0260. The first-order chi connectivity index (χ1) is 66.9. The number of benzene rings is 5. The van der Waals surface area contributed by atoms with Crippen LogP contribution in [-0.4, -0.2) is 108 Å². The second-order valence-electron chi connectivity index (χ2n) is 30.1. The number of ketones is 2. The molecule has 13 aromatic heterocycles. The predicted molar refractivity (Wildman–Crippen MR) is 586 cm³/mol. The van der Waals surface area contributed by atoms with E-state index >= 15 is 0 Å². The third kappa shape index (κ3) is 29.5. The number of nitrogens with two attached hydrogens (primary N) is 2. The van der Waals surface area contributed by atoms with Gasteiger partial charge >= 0.3 is 5.97 Å². The molecular formula is C96H77Br2Cl10N15O10S7. The van der Waals surface area contributed by atoms with Crippen molar-refractivity contribution in [3.8, 4) is 22.9 Å². The number of thiophene rings is 7. The first-order valence-electron chi connectivity index (χ1n) is 41.3. The number of Topliss-reactive ketones (excluding diaryl/α,β-unsaturated/α-hetero) is 1. The Morgan fingerprint density at radius 3 is 1.19 bits per heavy atom. The third-order valence-electron chi connectivity index (χ3n) is 20.1. The van der Waals surface area contributed by atoms with E-state index in [1.165, 1.54) is 110 Å². The highest BCUT2D eigenvalue weighted by atomic mass is 79.9. The molecule has 0 amide bonds. The first-order valence-corrected chi connectivity index (χ1v) is 52.5. The van der Waals surface area contributed by atoms with Crippen molar-refractivity contribution in [3.63, 3.8) is 0 Å². The molecule has 0 unspecified atom stereocenters. The Kier molecular flexibility index (Phi) is 40.0. The Morgan fingerprint density at radius 2 is 0.829 bits per heavy atom. The standard InChI is InChI=1S/C19H14Cl2N4OS.C19H17Cl2N3O2S.C16H12Cl2N2O2S.C16H10Cl2N2OS.C14H9BrCl2N2OS.C6H8BrNOS.C6H7NO2S/c1-11-22-6-4-15(24-11)17-9-16-18(27-17)19(26)25(10-23-16)7-5-12-2-3-13(20)8-14(12)21;1-23(2)7-6-16(25)17-10-15-18(27-17)19(26)24(11-22-15)8-5-12-3-4-13(20)9-14(12)21;1-9(21)14-7-13-15(23-14)16(22)20(8-19-13)5-4-10-2-3-11(17)6-12(10)18;1-2-12-8-14-15(22-12)16(21)20(9-19-14)6-5-10-3-4-11(17)7-13(10)18;15-12-6-11-13(21-12)14(20)19(7-18-11)4-3-8-1-2-9(16)5-10(8)17;1-9-3-5-4(8)2-6(7)10-5;1-9-6(8)5-4(7)2-3-10-5/h2-4,6,8-10H,5,7H2,1H3;3-4,6-7,9-11H,5,8H2,1-2H3;2-3,6-8H,4-5H2,1H3;1,3-4,7-9H,5-6H2;1-2,5-7H,3-4H2;2H,3,8H2,1H3;2-3H,7H2,1H3/b;7-6+;;;;;. The summed E-state index contributed by atoms with van der Waals surface area (Å²) in [5.74, 6) is 2.65. The number of aromatic nitrogens is 12. The first kappa shape index (κ1) is 109. The molecule has 0 fully saturated rings. The molecular weight excluding hydrogens is 2260 g/mol. The average Bonchev–Trinajstić information content (AvgIpc) is 1.50. The van der Waals surface area contributed by atoms with Crippen molar-refractivity contribution in [2.24, 2.45) is 0 Å². The van der Waals surface area contributed by atoms with Gasteiger partial charge in [0.05, 0.1) is 116 Å². The predicted octanol–water partition coefficient (Wildman–Crippen LogP) is 25.4. The van der Waals surface area contributed by atoms with Gasteiger partial charge in [0.2, 0.25) is 0 Å². The van der Waals surface area contributed by atoms with Gasteiger partial charge in [0.25, 0.3) is 27.8 Å². The van der Waals surface area contributed by atoms with Crippen molar-refractivity contribution < 1.29 is 23.9 Å². The Hall–Kier alpha value is -9.89. The third-order valence-corrected chi connectivity index (χ3v) is 31.7. The smallest absolute Gasteiger partial charge is 0.350 e. The molecule has 4 N–H and O–H groups in total. The number of nitrogens with zero attached hydrogens (tertiary/aromatic N) is 13. The van der Waals surface area contributed by atoms with E-state index in [1.54, 1.807) is 159 Å². The average molecular weight is 2340 g/mol. The zero-order chi connectivity index (χ0) is 101. The number of hydrogen-bond donors (Lipinski definition) is 2. The van der Waals surface area contributed by atoms with E-state index in [9.17, 15) is 38.4 Å². The number of carbonyl (C=O) groups is 3. The summed E-state index contributed by atoms with van der Waals surface area (Å²) < 4.78 is 22.0. The molecule has 722 valence electrons. The number of carbonyl (C=O) groups excluding carboxylic acids is 3. The minimum atomic E-state index is -0.368. The lowest BCUT2D eigenvalue weighted by atomic mass is 10.1. The lowest BCUT2D eigenvalue weighted by Gasteiger charge is -2.07. The lowest BCUT2D eigenvalue weighted by molar-refractivity contribution is 0.0607. The van der Waals surface area contributed by atoms with E-state index in [-0.39, 0.29) is 45.3 Å². The summed E-state index contributed by atoms with van der Waals surface area (Å²) in [5, 5.41) is 7.65. The number of aryl methyl sites for hydroxylation is 11. The minimum absolute atomic E-state index is 0.0271. The molecule has 44 heteroatoms. The second-order valence-corrected chi connectivity index (χ2v) is 44.4. The molecule has 0 saturated carbocycles. The largest absolute Gasteiger partial charge is 0.465 e. The van der Waals surface area contributed by atoms with Crippen LogP contribution in [0.25, 0.3) is 61.7 Å². The fourth-order valence-corrected chi connectivity index (χ4v) is 23.1. The molecule has 0 bridgehead atoms. The number of nitrogen functional groups attached to an aromatic ring is 2. The van der Waals surface area contributed by atoms with Gasteiger partial charge in [0, 0.05) is 128 Å². The number of ether oxygens (including phenoxy) is 2. The van der Waals surface area contributed by atoms with Crippen LogP contribution in [-0.2, 0) is 80.9 Å². The van der Waals surface area contributed by atoms with Crippen molar-refractivity contribution in [2.75, 3.05) is 39.8 Å². The van der Waals surface area contributed by atoms with Crippen molar-refractivity contribution in [1.82, 2.24) is 62.6 Å². The van der Waals surface area contributed by atoms with E-state index in [4.69, 9.17) is 139 Å². The number of fused-ring (bicyclic) bond motifs is 5. The van der Waals surface area contributed by atoms with Crippen LogP contribution in [0.5, 0.6) is 0 Å². The Labute approximate surface area is 895 Å². The maximum absolute atomic E-state index is 12.8. The van der Waals surface area contributed by atoms with E-state index < -0.39 is 0 Å². The maximum atomic E-state index is 12.8. The number of halogens is 12. The van der Waals surface area contributed by atoms with Gasteiger partial charge in [0.1, 0.15) is 34.2 Å². The zero-order valence-electron chi connectivity index (χ0n) is 74.3. The summed E-state index contributed by atoms with van der Waals surface area (Å²) in [7, 11) is 6.66.